The van der Waals surface area contributed by atoms with Crippen molar-refractivity contribution < 1.29 is 9.53 Å². The van der Waals surface area contributed by atoms with E-state index < -0.39 is 0 Å². The molecule has 0 saturated carbocycles. The van der Waals surface area contributed by atoms with Crippen LogP contribution in [0.5, 0.6) is 5.75 Å². The molecule has 0 spiro atoms. The maximum Gasteiger partial charge on any atom is 0.184 e. The van der Waals surface area contributed by atoms with Crippen LogP contribution in [0.1, 0.15) is 21.7 Å². The van der Waals surface area contributed by atoms with Crippen molar-refractivity contribution >= 4 is 30.6 Å². The highest BCUT2D eigenvalue weighted by Gasteiger charge is 2.12. The van der Waals surface area contributed by atoms with E-state index in [1.165, 1.54) is 0 Å². The number of aliphatic imine (C=N–C) groups is 1. The van der Waals surface area contributed by atoms with E-state index in [4.69, 9.17) is 4.74 Å². The number of hydrogen-bond donors (Lipinski definition) is 1. The Morgan fingerprint density at radius 2 is 1.77 bits per heavy atom. The van der Waals surface area contributed by atoms with Gasteiger partial charge in [-0.15, -0.1) is 0 Å². The minimum Gasteiger partial charge on any atom is -0.494 e. The Morgan fingerprint density at radius 1 is 1.10 bits per heavy atom. The van der Waals surface area contributed by atoms with Crippen LogP contribution in [0.15, 0.2) is 46.9 Å². The molecule has 0 aliphatic heterocycles. The minimum atomic E-state index is 0.546. The van der Waals surface area contributed by atoms with Crippen LogP contribution in [0.25, 0.3) is 11.1 Å². The van der Waals surface area contributed by atoms with Gasteiger partial charge in [0.05, 0.1) is 13.3 Å². The lowest BCUT2D eigenvalue weighted by Crippen LogP contribution is -2.03. The zero-order chi connectivity index (χ0) is 21.9. The molecule has 9 heteroatoms. The molecule has 8 nitrogen and oxygen atoms in total. The van der Waals surface area contributed by atoms with E-state index in [1.54, 1.807) is 43.7 Å². The summed E-state index contributed by atoms with van der Waals surface area (Å²) in [7, 11) is 3.47. The van der Waals surface area contributed by atoms with Crippen molar-refractivity contribution in [2.24, 2.45) is 4.99 Å². The molecule has 0 aliphatic rings. The lowest BCUT2D eigenvalue weighted by atomic mass is 10.0. The van der Waals surface area contributed by atoms with Crippen LogP contribution in [-0.2, 0) is 0 Å². The van der Waals surface area contributed by atoms with Crippen molar-refractivity contribution in [3.8, 4) is 16.9 Å². The lowest BCUT2D eigenvalue weighted by molar-refractivity contribution is 0.112. The summed E-state index contributed by atoms with van der Waals surface area (Å²) in [5.41, 5.74) is 3.95. The second kappa shape index (κ2) is 11.7. The largest absolute Gasteiger partial charge is 0.494 e. The van der Waals surface area contributed by atoms with Crippen LogP contribution in [0.3, 0.4) is 0 Å². The number of hydrogen-bond acceptors (Lipinski definition) is 9. The summed E-state index contributed by atoms with van der Waals surface area (Å²) >= 11 is 1.55. The van der Waals surface area contributed by atoms with Gasteiger partial charge in [0, 0.05) is 47.0 Å². The highest BCUT2D eigenvalue weighted by Crippen LogP contribution is 2.31. The molecule has 30 heavy (non-hydrogen) atoms. The number of nitrogens with zero attached hydrogens (tertiary/aromatic N) is 5. The summed E-state index contributed by atoms with van der Waals surface area (Å²) < 4.78 is 5.30. The van der Waals surface area contributed by atoms with E-state index in [-0.39, 0.29) is 0 Å². The number of pyridine rings is 2. The Bertz CT molecular complexity index is 1010. The highest BCUT2D eigenvalue weighted by atomic mass is 32.2. The number of aryl methyl sites for hydroxylation is 2. The number of carbonyl (C=O) groups excluding carboxylic acids is 1. The van der Waals surface area contributed by atoms with E-state index >= 15 is 0 Å². The van der Waals surface area contributed by atoms with Gasteiger partial charge < -0.3 is 10.1 Å². The standard InChI is InChI=1S/C14H14N2O2.C7H10N4S/c1-9-4-12(11(8-17)6-15-9)13-5-10(2)16-7-14(13)18-3;1-8-5-12-7-6(9-2)10-3-4-11-7/h4-8H,1-3H3;3-4,8H,2,5H2,1H3. The van der Waals surface area contributed by atoms with Crippen molar-refractivity contribution in [1.29, 1.82) is 0 Å². The maximum atomic E-state index is 11.1. The number of aldehydes is 1. The van der Waals surface area contributed by atoms with Gasteiger partial charge in [0.1, 0.15) is 10.8 Å². The molecule has 0 saturated heterocycles. The topological polar surface area (TPSA) is 102 Å². The monoisotopic (exact) mass is 424 g/mol. The van der Waals surface area contributed by atoms with E-state index in [0.717, 1.165) is 39.7 Å². The Morgan fingerprint density at radius 3 is 2.40 bits per heavy atom. The molecule has 0 bridgehead atoms. The summed E-state index contributed by atoms with van der Waals surface area (Å²) in [6.07, 6.45) is 7.29. The van der Waals surface area contributed by atoms with Crippen molar-refractivity contribution in [2.75, 3.05) is 20.0 Å². The molecule has 0 unspecified atom stereocenters. The van der Waals surface area contributed by atoms with Crippen molar-refractivity contribution in [2.45, 2.75) is 18.9 Å². The summed E-state index contributed by atoms with van der Waals surface area (Å²) in [6, 6.07) is 3.78. The molecule has 0 atom stereocenters. The van der Waals surface area contributed by atoms with Crippen molar-refractivity contribution in [3.63, 3.8) is 0 Å². The Hall–Kier alpha value is -3.17. The summed E-state index contributed by atoms with van der Waals surface area (Å²) in [4.78, 5) is 31.3. The van der Waals surface area contributed by atoms with Gasteiger partial charge in [0.15, 0.2) is 12.1 Å². The number of methoxy groups -OCH3 is 1. The fraction of sp³-hybridized carbons (Fsp3) is 0.238. The number of aromatic nitrogens is 4. The fourth-order valence-electron chi connectivity index (χ4n) is 2.49. The van der Waals surface area contributed by atoms with Gasteiger partial charge in [-0.05, 0) is 45.3 Å². The molecule has 0 fully saturated rings. The third-order valence-corrected chi connectivity index (χ3v) is 4.86. The van der Waals surface area contributed by atoms with E-state index in [9.17, 15) is 4.79 Å². The SMILES string of the molecule is C=Nc1nccnc1SCNC.COc1cnc(C)cc1-c1cc(C)ncc1C=O. The molecule has 0 radical (unpaired) electrons. The molecule has 3 aromatic rings. The van der Waals surface area contributed by atoms with E-state index in [2.05, 4.69) is 37.0 Å². The van der Waals surface area contributed by atoms with Crippen LogP contribution in [-0.4, -0.2) is 53.0 Å². The van der Waals surface area contributed by atoms with Gasteiger partial charge in [-0.1, -0.05) is 11.8 Å². The Balaban J connectivity index is 0.000000232. The van der Waals surface area contributed by atoms with E-state index in [0.29, 0.717) is 17.1 Å². The average molecular weight is 425 g/mol. The third kappa shape index (κ3) is 6.16. The first kappa shape index (κ1) is 23.1. The van der Waals surface area contributed by atoms with Crippen LogP contribution in [0, 0.1) is 13.8 Å². The number of nitrogens with one attached hydrogen (secondary N) is 1. The number of carbonyl (C=O) groups is 1. The molecular formula is C21H24N6O2S. The molecule has 1 N–H and O–H groups in total. The van der Waals surface area contributed by atoms with E-state index in [1.807, 2.05) is 33.0 Å². The summed E-state index contributed by atoms with van der Waals surface area (Å²) in [5, 5.41) is 3.81. The van der Waals surface area contributed by atoms with Gasteiger partial charge >= 0.3 is 0 Å². The minimum absolute atomic E-state index is 0.546. The van der Waals surface area contributed by atoms with Crippen molar-refractivity contribution in [1.82, 2.24) is 25.3 Å². The van der Waals surface area contributed by atoms with Gasteiger partial charge in [-0.3, -0.25) is 14.8 Å². The lowest BCUT2D eigenvalue weighted by Gasteiger charge is -2.11. The van der Waals surface area contributed by atoms with Gasteiger partial charge in [-0.2, -0.15) is 0 Å². The third-order valence-electron chi connectivity index (χ3n) is 3.86. The van der Waals surface area contributed by atoms with Crippen LogP contribution < -0.4 is 10.1 Å². The Labute approximate surface area is 180 Å². The smallest absolute Gasteiger partial charge is 0.184 e. The number of thioether (sulfide) groups is 1. The zero-order valence-electron chi connectivity index (χ0n) is 17.4. The van der Waals surface area contributed by atoms with Crippen LogP contribution >= 0.6 is 11.8 Å². The highest BCUT2D eigenvalue weighted by molar-refractivity contribution is 7.99. The number of rotatable bonds is 7. The molecule has 3 heterocycles. The summed E-state index contributed by atoms with van der Waals surface area (Å²) in [6.45, 7) is 7.20. The first-order valence-electron chi connectivity index (χ1n) is 9.02. The van der Waals surface area contributed by atoms with Gasteiger partial charge in [-0.25, -0.2) is 15.0 Å². The molecule has 0 aliphatic carbocycles. The molecule has 0 amide bonds. The molecule has 156 valence electrons. The quantitative estimate of drug-likeness (QED) is 0.265. The Kier molecular flexibility index (Phi) is 9.04. The molecule has 0 aromatic carbocycles. The average Bonchev–Trinajstić information content (AvgIpc) is 2.78. The van der Waals surface area contributed by atoms with Gasteiger partial charge in [0.25, 0.3) is 0 Å². The molecule has 3 aromatic heterocycles. The predicted molar refractivity (Wildman–Crippen MR) is 120 cm³/mol. The second-order valence-corrected chi connectivity index (χ2v) is 7.01. The van der Waals surface area contributed by atoms with Crippen LogP contribution in [0.2, 0.25) is 0 Å². The number of ether oxygens (including phenoxy) is 1. The van der Waals surface area contributed by atoms with Gasteiger partial charge in [0.2, 0.25) is 0 Å². The normalized spacial score (nSPS) is 10.0. The summed E-state index contributed by atoms with van der Waals surface area (Å²) in [5.74, 6) is 2.04. The maximum absolute atomic E-state index is 11.1. The first-order valence-corrected chi connectivity index (χ1v) is 10.0. The second-order valence-electron chi connectivity index (χ2n) is 6.04. The fourth-order valence-corrected chi connectivity index (χ4v) is 3.15. The molecular weight excluding hydrogens is 400 g/mol. The zero-order valence-corrected chi connectivity index (χ0v) is 18.2. The predicted octanol–water partition coefficient (Wildman–Crippen LogP) is 3.66. The molecule has 3 rings (SSSR count). The first-order chi connectivity index (χ1) is 14.5. The van der Waals surface area contributed by atoms with Crippen molar-refractivity contribution in [3.05, 3.63) is 53.9 Å². The van der Waals surface area contributed by atoms with Crippen LogP contribution in [0.4, 0.5) is 5.82 Å².